The first kappa shape index (κ1) is 13.1. The summed E-state index contributed by atoms with van der Waals surface area (Å²) >= 11 is 0. The molecule has 3 N–H and O–H groups in total. The second-order valence-corrected chi connectivity index (χ2v) is 5.63. The van der Waals surface area contributed by atoms with Gasteiger partial charge in [0.2, 0.25) is 0 Å². The van der Waals surface area contributed by atoms with E-state index < -0.39 is 0 Å². The Morgan fingerprint density at radius 3 is 3.00 bits per heavy atom. The average Bonchev–Trinajstić information content (AvgIpc) is 2.93. The molecule has 0 spiro atoms. The van der Waals surface area contributed by atoms with Gasteiger partial charge in [-0.05, 0) is 31.4 Å². The molecule has 3 atom stereocenters. The number of hydrogen-bond donors (Lipinski definition) is 2. The molecule has 2 saturated heterocycles. The number of hydrogen-bond acceptors (Lipinski definition) is 4. The molecule has 4 heteroatoms. The molecule has 0 saturated carbocycles. The van der Waals surface area contributed by atoms with Crippen LogP contribution in [0.2, 0.25) is 0 Å². The fourth-order valence-electron chi connectivity index (χ4n) is 3.25. The van der Waals surface area contributed by atoms with Crippen LogP contribution in [0, 0.1) is 0 Å². The molecule has 2 aliphatic rings. The van der Waals surface area contributed by atoms with Gasteiger partial charge in [0, 0.05) is 12.6 Å². The second kappa shape index (κ2) is 6.01. The normalized spacial score (nSPS) is 29.1. The average molecular weight is 261 g/mol. The van der Waals surface area contributed by atoms with Crippen molar-refractivity contribution in [3.63, 3.8) is 0 Å². The van der Waals surface area contributed by atoms with E-state index in [1.807, 2.05) is 6.07 Å². The first-order chi connectivity index (χ1) is 9.36. The van der Waals surface area contributed by atoms with Gasteiger partial charge in [-0.1, -0.05) is 30.3 Å². The van der Waals surface area contributed by atoms with E-state index in [-0.39, 0.29) is 12.1 Å². The molecule has 0 aromatic heterocycles. The minimum Gasteiger partial charge on any atom is -0.374 e. The second-order valence-electron chi connectivity index (χ2n) is 5.63. The minimum atomic E-state index is 0.184. The van der Waals surface area contributed by atoms with E-state index in [1.165, 1.54) is 24.9 Å². The number of morpholine rings is 1. The van der Waals surface area contributed by atoms with Gasteiger partial charge in [0.05, 0.1) is 18.8 Å². The molecule has 0 radical (unpaired) electrons. The summed E-state index contributed by atoms with van der Waals surface area (Å²) in [6.45, 7) is 3.08. The molecular weight excluding hydrogens is 238 g/mol. The van der Waals surface area contributed by atoms with Crippen molar-refractivity contribution in [2.75, 3.05) is 19.7 Å². The third-order valence-corrected chi connectivity index (χ3v) is 4.38. The van der Waals surface area contributed by atoms with Crippen LogP contribution in [0.1, 0.15) is 18.4 Å². The van der Waals surface area contributed by atoms with Crippen LogP contribution in [0.15, 0.2) is 30.3 Å². The van der Waals surface area contributed by atoms with E-state index in [2.05, 4.69) is 34.6 Å². The number of nitrogens with one attached hydrogen (secondary N) is 1. The summed E-state index contributed by atoms with van der Waals surface area (Å²) in [6, 6.07) is 11.3. The summed E-state index contributed by atoms with van der Waals surface area (Å²) < 4.78 is 6.03. The highest BCUT2D eigenvalue weighted by atomic mass is 16.5. The lowest BCUT2D eigenvalue weighted by Crippen LogP contribution is -2.56. The van der Waals surface area contributed by atoms with Gasteiger partial charge in [-0.25, -0.2) is 0 Å². The molecule has 2 heterocycles. The van der Waals surface area contributed by atoms with Gasteiger partial charge in [-0.2, -0.15) is 0 Å². The Bertz CT molecular complexity index is 398. The minimum absolute atomic E-state index is 0.184. The highest BCUT2D eigenvalue weighted by molar-refractivity contribution is 5.16. The molecule has 0 bridgehead atoms. The van der Waals surface area contributed by atoms with Crippen molar-refractivity contribution in [2.24, 2.45) is 5.84 Å². The van der Waals surface area contributed by atoms with Crippen LogP contribution in [0.25, 0.3) is 0 Å². The lowest BCUT2D eigenvalue weighted by Gasteiger charge is -2.38. The first-order valence-corrected chi connectivity index (χ1v) is 7.22. The maximum atomic E-state index is 6.03. The van der Waals surface area contributed by atoms with Crippen molar-refractivity contribution in [3.05, 3.63) is 35.9 Å². The SMILES string of the molecule is NNC(Cc1ccccc1)C1CN2CCCC2CO1. The zero-order valence-electron chi connectivity index (χ0n) is 11.3. The molecule has 2 fully saturated rings. The van der Waals surface area contributed by atoms with Crippen molar-refractivity contribution in [3.8, 4) is 0 Å². The third kappa shape index (κ3) is 2.98. The van der Waals surface area contributed by atoms with Crippen molar-refractivity contribution in [1.29, 1.82) is 0 Å². The third-order valence-electron chi connectivity index (χ3n) is 4.38. The van der Waals surface area contributed by atoms with E-state index in [4.69, 9.17) is 10.6 Å². The van der Waals surface area contributed by atoms with Crippen LogP contribution in [0.4, 0.5) is 0 Å². The summed E-state index contributed by atoms with van der Waals surface area (Å²) in [5.74, 6) is 5.74. The fourth-order valence-corrected chi connectivity index (χ4v) is 3.25. The largest absolute Gasteiger partial charge is 0.374 e. The van der Waals surface area contributed by atoms with Crippen LogP contribution in [0.5, 0.6) is 0 Å². The maximum absolute atomic E-state index is 6.03. The number of nitrogens with zero attached hydrogens (tertiary/aromatic N) is 1. The zero-order chi connectivity index (χ0) is 13.1. The molecule has 3 unspecified atom stereocenters. The van der Waals surface area contributed by atoms with Crippen LogP contribution < -0.4 is 11.3 Å². The van der Waals surface area contributed by atoms with Gasteiger partial charge < -0.3 is 4.74 Å². The quantitative estimate of drug-likeness (QED) is 0.625. The van der Waals surface area contributed by atoms with E-state index in [1.54, 1.807) is 0 Å². The Kier molecular flexibility index (Phi) is 4.13. The monoisotopic (exact) mass is 261 g/mol. The maximum Gasteiger partial charge on any atom is 0.0872 e. The van der Waals surface area contributed by atoms with E-state index in [0.29, 0.717) is 6.04 Å². The standard InChI is InChI=1S/C15H23N3O/c16-17-14(9-12-5-2-1-3-6-12)15-10-18-8-4-7-13(18)11-19-15/h1-3,5-6,13-15,17H,4,7-11,16H2. The van der Waals surface area contributed by atoms with Gasteiger partial charge in [0.1, 0.15) is 0 Å². The number of rotatable bonds is 4. The number of fused-ring (bicyclic) bond motifs is 1. The summed E-state index contributed by atoms with van der Waals surface area (Å²) in [5.41, 5.74) is 4.25. The summed E-state index contributed by atoms with van der Waals surface area (Å²) in [6.07, 6.45) is 3.70. The number of ether oxygens (including phenoxy) is 1. The van der Waals surface area contributed by atoms with Gasteiger partial charge >= 0.3 is 0 Å². The smallest absolute Gasteiger partial charge is 0.0872 e. The van der Waals surface area contributed by atoms with Crippen LogP contribution >= 0.6 is 0 Å². The molecule has 1 aromatic carbocycles. The number of benzene rings is 1. The predicted octanol–water partition coefficient (Wildman–Crippen LogP) is 0.924. The molecule has 104 valence electrons. The molecular formula is C15H23N3O. The summed E-state index contributed by atoms with van der Waals surface area (Å²) in [7, 11) is 0. The Hall–Kier alpha value is -0.940. The molecule has 0 aliphatic carbocycles. The van der Waals surface area contributed by atoms with Gasteiger partial charge in [0.25, 0.3) is 0 Å². The van der Waals surface area contributed by atoms with E-state index >= 15 is 0 Å². The molecule has 19 heavy (non-hydrogen) atoms. The van der Waals surface area contributed by atoms with Crippen LogP contribution in [0.3, 0.4) is 0 Å². The van der Waals surface area contributed by atoms with E-state index in [9.17, 15) is 0 Å². The predicted molar refractivity (Wildman–Crippen MR) is 75.6 cm³/mol. The summed E-state index contributed by atoms with van der Waals surface area (Å²) in [5, 5.41) is 0. The highest BCUT2D eigenvalue weighted by Crippen LogP contribution is 2.24. The summed E-state index contributed by atoms with van der Waals surface area (Å²) in [4.78, 5) is 2.56. The highest BCUT2D eigenvalue weighted by Gasteiger charge is 2.35. The van der Waals surface area contributed by atoms with Crippen molar-refractivity contribution in [2.45, 2.75) is 37.5 Å². The van der Waals surface area contributed by atoms with Crippen LogP contribution in [-0.4, -0.2) is 42.8 Å². The molecule has 2 aliphatic heterocycles. The first-order valence-electron chi connectivity index (χ1n) is 7.22. The topological polar surface area (TPSA) is 50.5 Å². The van der Waals surface area contributed by atoms with Crippen molar-refractivity contribution < 1.29 is 4.74 Å². The van der Waals surface area contributed by atoms with Gasteiger partial charge in [-0.3, -0.25) is 16.2 Å². The van der Waals surface area contributed by atoms with Crippen molar-refractivity contribution >= 4 is 0 Å². The zero-order valence-corrected chi connectivity index (χ0v) is 11.3. The van der Waals surface area contributed by atoms with Crippen LogP contribution in [-0.2, 0) is 11.2 Å². The molecule has 3 rings (SSSR count). The fraction of sp³-hybridized carbons (Fsp3) is 0.600. The Morgan fingerprint density at radius 2 is 2.21 bits per heavy atom. The number of hydrazine groups is 1. The molecule has 0 amide bonds. The van der Waals surface area contributed by atoms with Gasteiger partial charge in [0.15, 0.2) is 0 Å². The Labute approximate surface area is 114 Å². The van der Waals surface area contributed by atoms with E-state index in [0.717, 1.165) is 19.6 Å². The van der Waals surface area contributed by atoms with Gasteiger partial charge in [-0.15, -0.1) is 0 Å². The van der Waals surface area contributed by atoms with Crippen molar-refractivity contribution in [1.82, 2.24) is 10.3 Å². The lowest BCUT2D eigenvalue weighted by atomic mass is 10.00. The Morgan fingerprint density at radius 1 is 1.37 bits per heavy atom. The number of nitrogens with two attached hydrogens (primary N) is 1. The Balaban J connectivity index is 1.62. The lowest BCUT2D eigenvalue weighted by molar-refractivity contribution is -0.0644. The molecule has 1 aromatic rings. The molecule has 4 nitrogen and oxygen atoms in total.